The van der Waals surface area contributed by atoms with Gasteiger partial charge in [-0.25, -0.2) is 4.79 Å². The van der Waals surface area contributed by atoms with Crippen LogP contribution >= 0.6 is 0 Å². The third-order valence-electron chi connectivity index (χ3n) is 6.73. The first kappa shape index (κ1) is 21.3. The normalized spacial score (nSPS) is 20.5. The summed E-state index contributed by atoms with van der Waals surface area (Å²) in [4.78, 5) is 39.5. The zero-order valence-electron chi connectivity index (χ0n) is 17.8. The number of amides is 2. The van der Waals surface area contributed by atoms with Crippen LogP contribution in [0.25, 0.3) is 10.8 Å². The van der Waals surface area contributed by atoms with Crippen LogP contribution in [-0.2, 0) is 9.59 Å². The molecule has 2 fully saturated rings. The SMILES string of the molecule is O=C(N[C@H](CC1CCCCC1)C(=O)N1CCC[C@H]1C(=O)O)c1ccc2ccccc2c1. The number of carboxylic acid groups (broad SMARTS) is 1. The summed E-state index contributed by atoms with van der Waals surface area (Å²) in [6.07, 6.45) is 7.33. The molecule has 6 heteroatoms. The zero-order valence-corrected chi connectivity index (χ0v) is 17.8. The van der Waals surface area contributed by atoms with E-state index < -0.39 is 18.1 Å². The van der Waals surface area contributed by atoms with E-state index in [0.717, 1.165) is 36.5 Å². The van der Waals surface area contributed by atoms with Crippen LogP contribution in [0.15, 0.2) is 42.5 Å². The van der Waals surface area contributed by atoms with Gasteiger partial charge in [-0.1, -0.05) is 62.4 Å². The van der Waals surface area contributed by atoms with Gasteiger partial charge in [0.25, 0.3) is 5.91 Å². The summed E-state index contributed by atoms with van der Waals surface area (Å²) in [5.74, 6) is -1.13. The molecule has 2 aromatic rings. The molecule has 6 nitrogen and oxygen atoms in total. The molecular formula is C25H30N2O4. The van der Waals surface area contributed by atoms with Gasteiger partial charge < -0.3 is 15.3 Å². The van der Waals surface area contributed by atoms with E-state index in [4.69, 9.17) is 0 Å². The topological polar surface area (TPSA) is 86.7 Å². The summed E-state index contributed by atoms with van der Waals surface area (Å²) in [5.41, 5.74) is 0.511. The molecular weight excluding hydrogens is 392 g/mol. The summed E-state index contributed by atoms with van der Waals surface area (Å²) in [7, 11) is 0. The van der Waals surface area contributed by atoms with Crippen molar-refractivity contribution >= 4 is 28.6 Å². The van der Waals surface area contributed by atoms with Gasteiger partial charge in [-0.3, -0.25) is 9.59 Å². The molecule has 2 atom stereocenters. The van der Waals surface area contributed by atoms with E-state index in [2.05, 4.69) is 5.32 Å². The van der Waals surface area contributed by atoms with E-state index in [-0.39, 0.29) is 11.8 Å². The van der Waals surface area contributed by atoms with Gasteiger partial charge >= 0.3 is 5.97 Å². The largest absolute Gasteiger partial charge is 0.480 e. The smallest absolute Gasteiger partial charge is 0.326 e. The fraction of sp³-hybridized carbons (Fsp3) is 0.480. The van der Waals surface area contributed by atoms with Gasteiger partial charge in [0.15, 0.2) is 0 Å². The Morgan fingerprint density at radius 3 is 2.45 bits per heavy atom. The molecule has 0 radical (unpaired) electrons. The van der Waals surface area contributed by atoms with E-state index in [1.807, 2.05) is 36.4 Å². The third kappa shape index (κ3) is 4.89. The maximum Gasteiger partial charge on any atom is 0.326 e. The third-order valence-corrected chi connectivity index (χ3v) is 6.73. The average Bonchev–Trinajstić information content (AvgIpc) is 3.29. The summed E-state index contributed by atoms with van der Waals surface area (Å²) in [6, 6.07) is 11.9. The van der Waals surface area contributed by atoms with E-state index in [9.17, 15) is 19.5 Å². The Morgan fingerprint density at radius 1 is 0.968 bits per heavy atom. The first-order valence-electron chi connectivity index (χ1n) is 11.4. The molecule has 2 aliphatic rings. The Balaban J connectivity index is 1.54. The first-order valence-corrected chi connectivity index (χ1v) is 11.4. The lowest BCUT2D eigenvalue weighted by Gasteiger charge is -2.31. The number of carbonyl (C=O) groups excluding carboxylic acids is 2. The number of nitrogens with zero attached hydrogens (tertiary/aromatic N) is 1. The van der Waals surface area contributed by atoms with E-state index in [1.54, 1.807) is 6.07 Å². The van der Waals surface area contributed by atoms with Gasteiger partial charge in [-0.15, -0.1) is 0 Å². The van der Waals surface area contributed by atoms with Crippen molar-refractivity contribution in [3.63, 3.8) is 0 Å². The minimum Gasteiger partial charge on any atom is -0.480 e. The molecule has 1 aliphatic carbocycles. The van der Waals surface area contributed by atoms with Crippen molar-refractivity contribution < 1.29 is 19.5 Å². The van der Waals surface area contributed by atoms with Crippen LogP contribution in [0, 0.1) is 5.92 Å². The van der Waals surface area contributed by atoms with Crippen LogP contribution in [0.2, 0.25) is 0 Å². The van der Waals surface area contributed by atoms with Gasteiger partial charge in [-0.05, 0) is 48.1 Å². The van der Waals surface area contributed by atoms with Crippen molar-refractivity contribution in [1.29, 1.82) is 0 Å². The van der Waals surface area contributed by atoms with Crippen molar-refractivity contribution in [2.24, 2.45) is 5.92 Å². The fourth-order valence-electron chi connectivity index (χ4n) is 5.04. The zero-order chi connectivity index (χ0) is 21.8. The number of nitrogens with one attached hydrogen (secondary N) is 1. The van der Waals surface area contributed by atoms with Gasteiger partial charge in [0.1, 0.15) is 12.1 Å². The van der Waals surface area contributed by atoms with Crippen molar-refractivity contribution in [3.05, 3.63) is 48.0 Å². The monoisotopic (exact) mass is 422 g/mol. The predicted octanol–water partition coefficient (Wildman–Crippen LogP) is 3.98. The highest BCUT2D eigenvalue weighted by atomic mass is 16.4. The van der Waals surface area contributed by atoms with Crippen LogP contribution in [0.1, 0.15) is 61.7 Å². The molecule has 1 heterocycles. The summed E-state index contributed by atoms with van der Waals surface area (Å²) in [5, 5.41) is 14.5. The highest BCUT2D eigenvalue weighted by molar-refractivity contribution is 6.01. The highest BCUT2D eigenvalue weighted by Crippen LogP contribution is 2.29. The summed E-state index contributed by atoms with van der Waals surface area (Å²) in [6.45, 7) is 0.433. The van der Waals surface area contributed by atoms with Crippen molar-refractivity contribution in [2.75, 3.05) is 6.54 Å². The Labute approximate surface area is 182 Å². The number of hydrogen-bond acceptors (Lipinski definition) is 3. The number of likely N-dealkylation sites (tertiary alicyclic amines) is 1. The number of fused-ring (bicyclic) bond motifs is 1. The van der Waals surface area contributed by atoms with Crippen LogP contribution in [0.5, 0.6) is 0 Å². The fourth-order valence-corrected chi connectivity index (χ4v) is 5.04. The lowest BCUT2D eigenvalue weighted by Crippen LogP contribution is -2.52. The van der Waals surface area contributed by atoms with Gasteiger partial charge in [0.05, 0.1) is 0 Å². The summed E-state index contributed by atoms with van der Waals surface area (Å²) >= 11 is 0. The van der Waals surface area contributed by atoms with Crippen LogP contribution < -0.4 is 5.32 Å². The second kappa shape index (κ2) is 9.50. The van der Waals surface area contributed by atoms with Gasteiger partial charge in [0, 0.05) is 12.1 Å². The van der Waals surface area contributed by atoms with Crippen molar-refractivity contribution in [3.8, 4) is 0 Å². The van der Waals surface area contributed by atoms with E-state index in [0.29, 0.717) is 37.3 Å². The molecule has 0 unspecified atom stereocenters. The van der Waals surface area contributed by atoms with Crippen LogP contribution in [0.4, 0.5) is 0 Å². The lowest BCUT2D eigenvalue weighted by molar-refractivity contribution is -0.149. The minimum absolute atomic E-state index is 0.260. The van der Waals surface area contributed by atoms with Crippen molar-refractivity contribution in [1.82, 2.24) is 10.2 Å². The molecule has 4 rings (SSSR count). The number of rotatable bonds is 6. The average molecular weight is 423 g/mol. The van der Waals surface area contributed by atoms with Gasteiger partial charge in [-0.2, -0.15) is 0 Å². The molecule has 31 heavy (non-hydrogen) atoms. The highest BCUT2D eigenvalue weighted by Gasteiger charge is 2.38. The molecule has 2 N–H and O–H groups in total. The Morgan fingerprint density at radius 2 is 1.71 bits per heavy atom. The first-order chi connectivity index (χ1) is 15.0. The Kier molecular flexibility index (Phi) is 6.54. The second-order valence-corrected chi connectivity index (χ2v) is 8.86. The molecule has 1 aliphatic heterocycles. The molecule has 0 aromatic heterocycles. The van der Waals surface area contributed by atoms with Crippen LogP contribution in [-0.4, -0.2) is 46.4 Å². The van der Waals surface area contributed by atoms with Crippen molar-refractivity contribution in [2.45, 2.75) is 63.5 Å². The molecule has 1 saturated heterocycles. The lowest BCUT2D eigenvalue weighted by atomic mass is 9.84. The molecule has 1 saturated carbocycles. The summed E-state index contributed by atoms with van der Waals surface area (Å²) < 4.78 is 0. The maximum absolute atomic E-state index is 13.4. The number of benzene rings is 2. The van der Waals surface area contributed by atoms with Gasteiger partial charge in [0.2, 0.25) is 5.91 Å². The number of carboxylic acids is 1. The Hall–Kier alpha value is -2.89. The van der Waals surface area contributed by atoms with Crippen LogP contribution in [0.3, 0.4) is 0 Å². The molecule has 2 amide bonds. The number of hydrogen-bond donors (Lipinski definition) is 2. The second-order valence-electron chi connectivity index (χ2n) is 8.86. The standard InChI is InChI=1S/C25H30N2O4/c28-23(20-13-12-18-9-4-5-10-19(18)16-20)26-21(15-17-7-2-1-3-8-17)24(29)27-14-6-11-22(27)25(30)31/h4-5,9-10,12-13,16-17,21-22H,1-3,6-8,11,14-15H2,(H,26,28)(H,30,31)/t21-,22+/m1/s1. The molecule has 0 bridgehead atoms. The molecule has 0 spiro atoms. The quantitative estimate of drug-likeness (QED) is 0.737. The number of carbonyl (C=O) groups is 3. The van der Waals surface area contributed by atoms with E-state index in [1.165, 1.54) is 11.3 Å². The maximum atomic E-state index is 13.4. The molecule has 2 aromatic carbocycles. The minimum atomic E-state index is -0.969. The Bertz CT molecular complexity index is 967. The predicted molar refractivity (Wildman–Crippen MR) is 119 cm³/mol. The molecule has 164 valence electrons. The number of aliphatic carboxylic acids is 1. The van der Waals surface area contributed by atoms with E-state index >= 15 is 0 Å².